The molecule has 0 aromatic heterocycles. The van der Waals surface area contributed by atoms with Crippen molar-refractivity contribution in [2.24, 2.45) is 0 Å². The summed E-state index contributed by atoms with van der Waals surface area (Å²) in [7, 11) is 0. The molecule has 14 heavy (non-hydrogen) atoms. The molecule has 0 aliphatic heterocycles. The van der Waals surface area contributed by atoms with Gasteiger partial charge in [-0.05, 0) is 28.1 Å². The van der Waals surface area contributed by atoms with Crippen LogP contribution in [0.2, 0.25) is 0 Å². The molecule has 0 saturated carbocycles. The molecule has 0 unspecified atom stereocenters. The highest BCUT2D eigenvalue weighted by atomic mass is 79.9. The van der Waals surface area contributed by atoms with Gasteiger partial charge in [-0.15, -0.1) is 13.2 Å². The van der Waals surface area contributed by atoms with Crippen LogP contribution in [0.4, 0.5) is 13.2 Å². The first-order chi connectivity index (χ1) is 6.44. The predicted octanol–water partition coefficient (Wildman–Crippen LogP) is 3.22. The minimum atomic E-state index is -4.80. The Hall–Kier alpha value is -1.22. The number of hydrogen-bond donors (Lipinski definition) is 0. The molecule has 1 aromatic carbocycles. The van der Waals surface area contributed by atoms with Crippen LogP contribution < -0.4 is 4.74 Å². The Kier molecular flexibility index (Phi) is 3.01. The van der Waals surface area contributed by atoms with Crippen LogP contribution in [0, 0.1) is 11.3 Å². The molecule has 0 radical (unpaired) electrons. The number of hydrogen-bond acceptors (Lipinski definition) is 2. The highest BCUT2D eigenvalue weighted by Crippen LogP contribution is 2.33. The highest BCUT2D eigenvalue weighted by Gasteiger charge is 2.33. The molecule has 74 valence electrons. The molecule has 0 N–H and O–H groups in total. The quantitative estimate of drug-likeness (QED) is 0.781. The Morgan fingerprint density at radius 3 is 2.50 bits per heavy atom. The third-order valence-electron chi connectivity index (χ3n) is 1.31. The van der Waals surface area contributed by atoms with E-state index in [-0.39, 0.29) is 10.0 Å². The van der Waals surface area contributed by atoms with Crippen molar-refractivity contribution in [3.05, 3.63) is 28.2 Å². The number of halogens is 4. The largest absolute Gasteiger partial charge is 0.573 e. The number of nitriles is 1. The van der Waals surface area contributed by atoms with Crippen molar-refractivity contribution in [1.29, 1.82) is 5.26 Å². The summed E-state index contributed by atoms with van der Waals surface area (Å²) in [6.45, 7) is 0. The van der Waals surface area contributed by atoms with Crippen LogP contribution in [-0.2, 0) is 0 Å². The summed E-state index contributed by atoms with van der Waals surface area (Å²) >= 11 is 2.86. The van der Waals surface area contributed by atoms with Gasteiger partial charge in [-0.3, -0.25) is 0 Å². The first-order valence-corrected chi connectivity index (χ1v) is 4.17. The van der Waals surface area contributed by atoms with Crippen LogP contribution in [0.3, 0.4) is 0 Å². The first-order valence-electron chi connectivity index (χ1n) is 3.38. The fraction of sp³-hybridized carbons (Fsp3) is 0.125. The molecule has 0 saturated heterocycles. The zero-order chi connectivity index (χ0) is 10.8. The minimum absolute atomic E-state index is 0.0916. The smallest absolute Gasteiger partial charge is 0.403 e. The molecule has 0 aliphatic rings. The molecular formula is C8H3BrF3NO. The van der Waals surface area contributed by atoms with Gasteiger partial charge in [0.25, 0.3) is 0 Å². The summed E-state index contributed by atoms with van der Waals surface area (Å²) in [5, 5.41) is 8.52. The zero-order valence-corrected chi connectivity index (χ0v) is 8.19. The maximum atomic E-state index is 11.9. The van der Waals surface area contributed by atoms with Gasteiger partial charge in [-0.25, -0.2) is 0 Å². The second kappa shape index (κ2) is 3.88. The molecule has 0 bridgehead atoms. The van der Waals surface area contributed by atoms with Crippen LogP contribution in [0.15, 0.2) is 22.7 Å². The topological polar surface area (TPSA) is 33.0 Å². The summed E-state index contributed by atoms with van der Waals surface area (Å²) in [5.41, 5.74) is -0.170. The van der Waals surface area contributed by atoms with Gasteiger partial charge in [0.2, 0.25) is 0 Å². The Bertz CT molecular complexity index is 383. The van der Waals surface area contributed by atoms with E-state index in [1.54, 1.807) is 6.07 Å². The van der Waals surface area contributed by atoms with E-state index in [4.69, 9.17) is 5.26 Å². The molecule has 0 atom stereocenters. The van der Waals surface area contributed by atoms with Gasteiger partial charge in [0.1, 0.15) is 6.07 Å². The number of ether oxygens (including phenoxy) is 1. The average molecular weight is 266 g/mol. The summed E-state index contributed by atoms with van der Waals surface area (Å²) in [5.74, 6) is -0.512. The normalized spacial score (nSPS) is 10.8. The van der Waals surface area contributed by atoms with E-state index in [0.29, 0.717) is 0 Å². The lowest BCUT2D eigenvalue weighted by molar-refractivity contribution is -0.275. The average Bonchev–Trinajstić information content (AvgIpc) is 2.06. The van der Waals surface area contributed by atoms with Crippen molar-refractivity contribution in [3.63, 3.8) is 0 Å². The number of alkyl halides is 3. The Morgan fingerprint density at radius 2 is 2.00 bits per heavy atom. The standard InChI is InChI=1S/C8H3BrF3NO/c9-6-3-1-2-5(4-13)7(6)14-8(10,11)12/h1-3H. The SMILES string of the molecule is N#Cc1cccc(Br)c1OC(F)(F)F. The molecule has 0 fully saturated rings. The van der Waals surface area contributed by atoms with Crippen LogP contribution in [0.1, 0.15) is 5.56 Å². The van der Waals surface area contributed by atoms with Crippen molar-refractivity contribution >= 4 is 15.9 Å². The van der Waals surface area contributed by atoms with Crippen LogP contribution in [0.5, 0.6) is 5.75 Å². The van der Waals surface area contributed by atoms with Gasteiger partial charge in [0, 0.05) is 0 Å². The molecule has 1 aromatic rings. The van der Waals surface area contributed by atoms with Gasteiger partial charge in [-0.1, -0.05) is 6.07 Å². The number of benzene rings is 1. The van der Waals surface area contributed by atoms with E-state index in [1.165, 1.54) is 18.2 Å². The van der Waals surface area contributed by atoms with E-state index < -0.39 is 12.1 Å². The molecule has 0 aliphatic carbocycles. The van der Waals surface area contributed by atoms with Crippen LogP contribution in [-0.4, -0.2) is 6.36 Å². The van der Waals surface area contributed by atoms with Gasteiger partial charge < -0.3 is 4.74 Å². The maximum absolute atomic E-state index is 11.9. The number of rotatable bonds is 1. The summed E-state index contributed by atoms with van der Waals surface area (Å²) in [6.07, 6.45) is -4.80. The molecule has 0 spiro atoms. The Morgan fingerprint density at radius 1 is 1.36 bits per heavy atom. The van der Waals surface area contributed by atoms with Crippen molar-refractivity contribution in [2.45, 2.75) is 6.36 Å². The van der Waals surface area contributed by atoms with Gasteiger partial charge in [0.15, 0.2) is 5.75 Å². The number of nitrogens with zero attached hydrogens (tertiary/aromatic N) is 1. The van der Waals surface area contributed by atoms with E-state index in [2.05, 4.69) is 20.7 Å². The van der Waals surface area contributed by atoms with E-state index in [9.17, 15) is 13.2 Å². The van der Waals surface area contributed by atoms with Crippen LogP contribution in [0.25, 0.3) is 0 Å². The summed E-state index contributed by atoms with van der Waals surface area (Å²) in [6, 6.07) is 5.66. The minimum Gasteiger partial charge on any atom is -0.403 e. The van der Waals surface area contributed by atoms with E-state index in [0.717, 1.165) is 0 Å². The van der Waals surface area contributed by atoms with Gasteiger partial charge in [-0.2, -0.15) is 5.26 Å². The predicted molar refractivity (Wildman–Crippen MR) is 45.5 cm³/mol. The van der Waals surface area contributed by atoms with Crippen molar-refractivity contribution in [1.82, 2.24) is 0 Å². The number of para-hydroxylation sites is 1. The Balaban J connectivity index is 3.13. The second-order valence-corrected chi connectivity index (χ2v) is 3.13. The van der Waals surface area contributed by atoms with Crippen molar-refractivity contribution < 1.29 is 17.9 Å². The van der Waals surface area contributed by atoms with E-state index >= 15 is 0 Å². The fourth-order valence-corrected chi connectivity index (χ4v) is 1.26. The van der Waals surface area contributed by atoms with Crippen molar-refractivity contribution in [3.8, 4) is 11.8 Å². The lowest BCUT2D eigenvalue weighted by atomic mass is 10.2. The van der Waals surface area contributed by atoms with Crippen molar-refractivity contribution in [2.75, 3.05) is 0 Å². The third kappa shape index (κ3) is 2.64. The highest BCUT2D eigenvalue weighted by molar-refractivity contribution is 9.10. The third-order valence-corrected chi connectivity index (χ3v) is 1.93. The molecule has 1 rings (SSSR count). The second-order valence-electron chi connectivity index (χ2n) is 2.28. The Labute approximate surface area is 86.0 Å². The van der Waals surface area contributed by atoms with E-state index in [1.807, 2.05) is 0 Å². The van der Waals surface area contributed by atoms with Gasteiger partial charge >= 0.3 is 6.36 Å². The molecule has 6 heteroatoms. The van der Waals surface area contributed by atoms with Crippen LogP contribution >= 0.6 is 15.9 Å². The molecular weight excluding hydrogens is 263 g/mol. The molecule has 2 nitrogen and oxygen atoms in total. The summed E-state index contributed by atoms with van der Waals surface area (Å²) < 4.78 is 39.4. The van der Waals surface area contributed by atoms with Gasteiger partial charge in [0.05, 0.1) is 10.0 Å². The first kappa shape index (κ1) is 10.9. The fourth-order valence-electron chi connectivity index (χ4n) is 0.816. The lowest BCUT2D eigenvalue weighted by Gasteiger charge is -2.11. The summed E-state index contributed by atoms with van der Waals surface area (Å²) in [4.78, 5) is 0. The molecule has 0 amide bonds. The lowest BCUT2D eigenvalue weighted by Crippen LogP contribution is -2.18. The maximum Gasteiger partial charge on any atom is 0.573 e. The monoisotopic (exact) mass is 265 g/mol. The zero-order valence-electron chi connectivity index (χ0n) is 6.60. The molecule has 0 heterocycles.